The molecular formula is C28H40N2O4. The third kappa shape index (κ3) is 7.05. The number of aliphatic imine (C=N–C) groups is 1. The summed E-state index contributed by atoms with van der Waals surface area (Å²) in [6.45, 7) is 9.74. The minimum Gasteiger partial charge on any atom is -0.504 e. The van der Waals surface area contributed by atoms with E-state index in [1.165, 1.54) is 5.92 Å². The maximum atomic E-state index is 10.4. The van der Waals surface area contributed by atoms with E-state index in [1.54, 1.807) is 6.07 Å². The Morgan fingerprint density at radius 2 is 2.12 bits per heavy atom. The highest BCUT2D eigenvalue weighted by Crippen LogP contribution is 2.33. The first-order valence-electron chi connectivity index (χ1n) is 12.6. The van der Waals surface area contributed by atoms with Crippen LogP contribution in [0.25, 0.3) is 0 Å². The first-order valence-corrected chi connectivity index (χ1v) is 12.6. The molecule has 6 nitrogen and oxygen atoms in total. The van der Waals surface area contributed by atoms with Crippen molar-refractivity contribution in [3.05, 3.63) is 59.2 Å². The smallest absolute Gasteiger partial charge is 0.196 e. The molecule has 3 rings (SSSR count). The van der Waals surface area contributed by atoms with Crippen LogP contribution in [0, 0.1) is 17.9 Å². The molecule has 34 heavy (non-hydrogen) atoms. The van der Waals surface area contributed by atoms with Crippen LogP contribution in [-0.4, -0.2) is 48.3 Å². The molecule has 2 unspecified atom stereocenters. The fourth-order valence-corrected chi connectivity index (χ4v) is 4.17. The highest BCUT2D eigenvalue weighted by Gasteiger charge is 2.30. The molecule has 0 aromatic heterocycles. The quantitative estimate of drug-likeness (QED) is 0.338. The number of likely N-dealkylation sites (N-methyl/N-ethyl adjacent to an activating group) is 1. The van der Waals surface area contributed by atoms with Crippen LogP contribution in [0.1, 0.15) is 58.9 Å². The fraction of sp³-hybridized carbons (Fsp3) is 0.536. The molecule has 2 aliphatic heterocycles. The number of nitrogens with zero attached hydrogens (tertiary/aromatic N) is 1. The lowest BCUT2D eigenvalue weighted by Crippen LogP contribution is -2.35. The number of nitrogens with one attached hydrogen (secondary N) is 1. The molecule has 0 aliphatic carbocycles. The molecular weight excluding hydrogens is 428 g/mol. The zero-order chi connectivity index (χ0) is 24.5. The Morgan fingerprint density at radius 3 is 2.79 bits per heavy atom. The van der Waals surface area contributed by atoms with E-state index >= 15 is 0 Å². The number of unbranched alkanes of at least 4 members (excludes halogenated alkanes) is 1. The van der Waals surface area contributed by atoms with E-state index < -0.39 is 0 Å². The van der Waals surface area contributed by atoms with Gasteiger partial charge in [-0.3, -0.25) is 5.32 Å². The highest BCUT2D eigenvalue weighted by atomic mass is 16.5. The summed E-state index contributed by atoms with van der Waals surface area (Å²) in [5.74, 6) is 2.24. The molecule has 0 saturated carbocycles. The van der Waals surface area contributed by atoms with Crippen LogP contribution in [-0.2, 0) is 11.2 Å². The summed E-state index contributed by atoms with van der Waals surface area (Å²) in [5.41, 5.74) is 2.99. The van der Waals surface area contributed by atoms with Gasteiger partial charge in [0.05, 0.1) is 0 Å². The van der Waals surface area contributed by atoms with Gasteiger partial charge in [-0.1, -0.05) is 45.3 Å². The number of aryl methyl sites for hydroxylation is 1. The first kappa shape index (κ1) is 26.2. The van der Waals surface area contributed by atoms with E-state index in [9.17, 15) is 10.2 Å². The van der Waals surface area contributed by atoms with Crippen molar-refractivity contribution in [1.82, 2.24) is 5.32 Å². The van der Waals surface area contributed by atoms with Crippen molar-refractivity contribution in [2.24, 2.45) is 10.9 Å². The number of aliphatic hydroxyl groups excluding tert-OH is 1. The van der Waals surface area contributed by atoms with E-state index in [1.807, 2.05) is 24.4 Å². The zero-order valence-corrected chi connectivity index (χ0v) is 21.0. The molecule has 1 aromatic carbocycles. The predicted molar refractivity (Wildman–Crippen MR) is 137 cm³/mol. The van der Waals surface area contributed by atoms with Crippen LogP contribution in [0.3, 0.4) is 0 Å². The van der Waals surface area contributed by atoms with Gasteiger partial charge < -0.3 is 19.7 Å². The molecule has 2 aliphatic rings. The van der Waals surface area contributed by atoms with Crippen molar-refractivity contribution in [1.29, 1.82) is 0 Å². The molecule has 0 fully saturated rings. The minimum atomic E-state index is -0.0508. The summed E-state index contributed by atoms with van der Waals surface area (Å²) < 4.78 is 12.1. The molecule has 0 bridgehead atoms. The van der Waals surface area contributed by atoms with Gasteiger partial charge >= 0.3 is 0 Å². The van der Waals surface area contributed by atoms with Gasteiger partial charge in [-0.2, -0.15) is 11.6 Å². The van der Waals surface area contributed by atoms with Crippen molar-refractivity contribution >= 4 is 6.21 Å². The number of phenolic OH excluding ortho intramolecular Hbond substituents is 1. The van der Waals surface area contributed by atoms with Gasteiger partial charge in [-0.05, 0) is 50.9 Å². The average molecular weight is 469 g/mol. The molecule has 0 amide bonds. The zero-order valence-electron chi connectivity index (χ0n) is 21.0. The van der Waals surface area contributed by atoms with Crippen molar-refractivity contribution in [2.75, 3.05) is 19.8 Å². The van der Waals surface area contributed by atoms with Crippen LogP contribution >= 0.6 is 0 Å². The molecule has 1 aromatic rings. The van der Waals surface area contributed by atoms with Crippen LogP contribution < -0.4 is 10.1 Å². The summed E-state index contributed by atoms with van der Waals surface area (Å²) >= 11 is 0. The molecule has 3 N–H and O–H groups in total. The number of aliphatic hydroxyl groups is 1. The highest BCUT2D eigenvalue weighted by molar-refractivity contribution is 5.83. The number of benzene rings is 1. The number of rotatable bonds is 14. The lowest BCUT2D eigenvalue weighted by molar-refractivity contribution is 0.103. The second-order valence-corrected chi connectivity index (χ2v) is 9.30. The van der Waals surface area contributed by atoms with E-state index in [4.69, 9.17) is 9.47 Å². The summed E-state index contributed by atoms with van der Waals surface area (Å²) in [5, 5.41) is 23.4. The summed E-state index contributed by atoms with van der Waals surface area (Å²) in [4.78, 5) is 4.58. The number of ether oxygens (including phenoxy) is 2. The van der Waals surface area contributed by atoms with Crippen molar-refractivity contribution < 1.29 is 19.7 Å². The number of phenols is 1. The monoisotopic (exact) mass is 468 g/mol. The molecule has 6 heteroatoms. The number of aromatic hydroxyl groups is 1. The Hall–Kier alpha value is -2.41. The Labute approximate surface area is 204 Å². The SMILES string of the molecule is CCCCC1O[C-](CCc2ccc(O)c(OCC(NCC)C3=C[C+](C(C)C)C=N3)c2)C=C1CO. The lowest BCUT2D eigenvalue weighted by Gasteiger charge is -2.24. The molecule has 2 atom stereocenters. The van der Waals surface area contributed by atoms with E-state index in [0.29, 0.717) is 18.3 Å². The normalized spacial score (nSPS) is 18.6. The van der Waals surface area contributed by atoms with Gasteiger partial charge in [-0.25, -0.2) is 0 Å². The second kappa shape index (κ2) is 12.9. The minimum absolute atomic E-state index is 0.00247. The van der Waals surface area contributed by atoms with Crippen LogP contribution in [0.2, 0.25) is 0 Å². The van der Waals surface area contributed by atoms with Gasteiger partial charge in [0.2, 0.25) is 0 Å². The Kier molecular flexibility index (Phi) is 9.93. The van der Waals surface area contributed by atoms with Crippen molar-refractivity contribution in [3.8, 4) is 11.5 Å². The summed E-state index contributed by atoms with van der Waals surface area (Å²) in [6, 6.07) is 5.45. The lowest BCUT2D eigenvalue weighted by atomic mass is 9.97. The Bertz CT molecular complexity index is 877. The number of hydrogen-bond donors (Lipinski definition) is 3. The fourth-order valence-electron chi connectivity index (χ4n) is 4.17. The molecule has 2 heterocycles. The summed E-state index contributed by atoms with van der Waals surface area (Å²) in [6.07, 6.45) is 11.6. The molecule has 0 spiro atoms. The van der Waals surface area contributed by atoms with Crippen molar-refractivity contribution in [2.45, 2.75) is 71.9 Å². The van der Waals surface area contributed by atoms with E-state index in [2.05, 4.69) is 44.1 Å². The second-order valence-electron chi connectivity index (χ2n) is 9.30. The third-order valence-corrected chi connectivity index (χ3v) is 6.30. The maximum absolute atomic E-state index is 10.4. The first-order chi connectivity index (χ1) is 16.4. The van der Waals surface area contributed by atoms with E-state index in [-0.39, 0.29) is 24.5 Å². The van der Waals surface area contributed by atoms with Crippen LogP contribution in [0.4, 0.5) is 0 Å². The molecule has 0 saturated heterocycles. The average Bonchev–Trinajstić information content (AvgIpc) is 3.47. The van der Waals surface area contributed by atoms with Crippen LogP contribution in [0.15, 0.2) is 46.6 Å². The molecule has 186 valence electrons. The standard InChI is InChI=1S/C28H40N2O4/c1-5-7-8-27-22(17-31)14-23(34-27)11-9-20-10-12-26(32)28(13-20)33-18-25(29-6-2)24-15-21(16-30-24)19(3)4/h10,12-16,19,25,27,29,31-32H,5-9,11,17-18H2,1-4H3. The topological polar surface area (TPSA) is 83.3 Å². The molecule has 0 radical (unpaired) electrons. The van der Waals surface area contributed by atoms with E-state index in [0.717, 1.165) is 61.6 Å². The predicted octanol–water partition coefficient (Wildman–Crippen LogP) is 4.92. The van der Waals surface area contributed by atoms with Gasteiger partial charge in [-0.15, -0.1) is 4.99 Å². The maximum Gasteiger partial charge on any atom is 0.196 e. The Morgan fingerprint density at radius 1 is 1.29 bits per heavy atom. The number of allylic oxidation sites excluding steroid dienone is 1. The van der Waals surface area contributed by atoms with Gasteiger partial charge in [0.15, 0.2) is 23.2 Å². The third-order valence-electron chi connectivity index (χ3n) is 6.30. The van der Waals surface area contributed by atoms with Gasteiger partial charge in [0.1, 0.15) is 24.8 Å². The van der Waals surface area contributed by atoms with Gasteiger partial charge in [0, 0.05) is 18.6 Å². The largest absolute Gasteiger partial charge is 0.504 e. The van der Waals surface area contributed by atoms with Crippen molar-refractivity contribution in [3.63, 3.8) is 0 Å². The van der Waals surface area contributed by atoms with Crippen LogP contribution in [0.5, 0.6) is 11.5 Å². The number of hydrogen-bond acceptors (Lipinski definition) is 6. The van der Waals surface area contributed by atoms with Gasteiger partial charge in [0.25, 0.3) is 0 Å². The Balaban J connectivity index is 1.58. The summed E-state index contributed by atoms with van der Waals surface area (Å²) in [7, 11) is 0.